The van der Waals surface area contributed by atoms with E-state index in [4.69, 9.17) is 0 Å². The summed E-state index contributed by atoms with van der Waals surface area (Å²) in [5.41, 5.74) is 1.08. The summed E-state index contributed by atoms with van der Waals surface area (Å²) in [5, 5.41) is 7.27. The largest absolute Gasteiger partial charge is 0.380 e. The fourth-order valence-corrected chi connectivity index (χ4v) is 0.829. The van der Waals surface area contributed by atoms with E-state index in [2.05, 4.69) is 24.3 Å². The van der Waals surface area contributed by atoms with Gasteiger partial charge in [-0.05, 0) is 13.8 Å². The molecule has 1 aromatic rings. The number of hydrogen-bond donors (Lipinski definition) is 1. The molecule has 0 spiro atoms. The van der Waals surface area contributed by atoms with E-state index in [-0.39, 0.29) is 24.8 Å². The van der Waals surface area contributed by atoms with Crippen LogP contribution in [0.15, 0.2) is 12.4 Å². The first kappa shape index (κ1) is 14.1. The van der Waals surface area contributed by atoms with Gasteiger partial charge in [0, 0.05) is 19.3 Å². The van der Waals surface area contributed by atoms with Crippen LogP contribution < -0.4 is 5.32 Å². The fraction of sp³-hybridized carbons (Fsp3) is 0.571. The molecule has 12 heavy (non-hydrogen) atoms. The molecule has 0 atom stereocenters. The van der Waals surface area contributed by atoms with Crippen LogP contribution in [0.25, 0.3) is 0 Å². The highest BCUT2D eigenvalue weighted by molar-refractivity contribution is 5.85. The number of hydrogen-bond acceptors (Lipinski definition) is 2. The highest BCUT2D eigenvalue weighted by atomic mass is 35.5. The van der Waals surface area contributed by atoms with Crippen LogP contribution in [0.1, 0.15) is 13.8 Å². The molecule has 5 heteroatoms. The Kier molecular flexibility index (Phi) is 7.24. The van der Waals surface area contributed by atoms with Crippen molar-refractivity contribution < 1.29 is 0 Å². The summed E-state index contributed by atoms with van der Waals surface area (Å²) < 4.78 is 1.78. The van der Waals surface area contributed by atoms with Gasteiger partial charge in [0.05, 0.1) is 11.9 Å². The molecule has 0 aromatic carbocycles. The van der Waals surface area contributed by atoms with Crippen LogP contribution in [0.5, 0.6) is 0 Å². The summed E-state index contributed by atoms with van der Waals surface area (Å²) in [6, 6.07) is 0.476. The van der Waals surface area contributed by atoms with E-state index in [9.17, 15) is 0 Å². The summed E-state index contributed by atoms with van der Waals surface area (Å²) in [5.74, 6) is 0. The average Bonchev–Trinajstić information content (AvgIpc) is 2.13. The topological polar surface area (TPSA) is 29.9 Å². The van der Waals surface area contributed by atoms with Gasteiger partial charge < -0.3 is 5.32 Å². The van der Waals surface area contributed by atoms with Crippen molar-refractivity contribution in [1.82, 2.24) is 9.78 Å². The molecule has 0 unspecified atom stereocenters. The standard InChI is InChI=1S/C7H13N3.2ClH/c1-6(2)9-7-4-8-10(3)5-7;;/h4-6,9H,1-3H3;2*1H. The lowest BCUT2D eigenvalue weighted by atomic mass is 10.4. The Labute approximate surface area is 85.4 Å². The zero-order chi connectivity index (χ0) is 7.56. The van der Waals surface area contributed by atoms with Gasteiger partial charge in [-0.15, -0.1) is 24.8 Å². The lowest BCUT2D eigenvalue weighted by Gasteiger charge is -2.04. The van der Waals surface area contributed by atoms with Crippen molar-refractivity contribution in [3.8, 4) is 0 Å². The third-order valence-electron chi connectivity index (χ3n) is 1.16. The second-order valence-corrected chi connectivity index (χ2v) is 2.70. The van der Waals surface area contributed by atoms with Crippen molar-refractivity contribution in [3.05, 3.63) is 12.4 Å². The van der Waals surface area contributed by atoms with Gasteiger partial charge in [-0.25, -0.2) is 0 Å². The fourth-order valence-electron chi connectivity index (χ4n) is 0.829. The minimum absolute atomic E-state index is 0. The number of aryl methyl sites for hydroxylation is 1. The molecule has 0 bridgehead atoms. The average molecular weight is 212 g/mol. The van der Waals surface area contributed by atoms with Gasteiger partial charge in [0.15, 0.2) is 0 Å². The zero-order valence-corrected chi connectivity index (χ0v) is 9.08. The lowest BCUT2D eigenvalue weighted by Crippen LogP contribution is -2.08. The number of rotatable bonds is 2. The Balaban J connectivity index is 0. The molecule has 0 aliphatic heterocycles. The molecule has 1 N–H and O–H groups in total. The molecular formula is C7H15Cl2N3. The van der Waals surface area contributed by atoms with Crippen LogP contribution >= 0.6 is 24.8 Å². The molecule has 1 heterocycles. The maximum absolute atomic E-state index is 4.02. The minimum Gasteiger partial charge on any atom is -0.380 e. The third kappa shape index (κ3) is 4.46. The molecular weight excluding hydrogens is 197 g/mol. The predicted molar refractivity (Wildman–Crippen MR) is 56.5 cm³/mol. The van der Waals surface area contributed by atoms with Crippen LogP contribution in [0.4, 0.5) is 5.69 Å². The Hall–Kier alpha value is -0.410. The molecule has 0 aliphatic carbocycles. The van der Waals surface area contributed by atoms with Gasteiger partial charge in [0.1, 0.15) is 0 Å². The summed E-state index contributed by atoms with van der Waals surface area (Å²) in [6.07, 6.45) is 3.78. The quantitative estimate of drug-likeness (QED) is 0.813. The summed E-state index contributed by atoms with van der Waals surface area (Å²) in [6.45, 7) is 4.21. The number of anilines is 1. The number of halogens is 2. The maximum atomic E-state index is 4.02. The van der Waals surface area contributed by atoms with Crippen molar-refractivity contribution in [2.45, 2.75) is 19.9 Å². The van der Waals surface area contributed by atoms with Crippen molar-refractivity contribution in [2.24, 2.45) is 7.05 Å². The Morgan fingerprint density at radius 2 is 2.00 bits per heavy atom. The molecule has 0 amide bonds. The van der Waals surface area contributed by atoms with Crippen molar-refractivity contribution in [3.63, 3.8) is 0 Å². The van der Waals surface area contributed by atoms with Gasteiger partial charge in [0.2, 0.25) is 0 Å². The van der Waals surface area contributed by atoms with Crippen molar-refractivity contribution in [1.29, 1.82) is 0 Å². The number of nitrogens with one attached hydrogen (secondary N) is 1. The normalized spacial score (nSPS) is 8.67. The van der Waals surface area contributed by atoms with E-state index in [1.54, 1.807) is 4.68 Å². The van der Waals surface area contributed by atoms with E-state index in [1.165, 1.54) is 0 Å². The lowest BCUT2D eigenvalue weighted by molar-refractivity contribution is 0.767. The number of nitrogens with zero attached hydrogens (tertiary/aromatic N) is 2. The van der Waals surface area contributed by atoms with Crippen LogP contribution in [0, 0.1) is 0 Å². The van der Waals surface area contributed by atoms with E-state index < -0.39 is 0 Å². The summed E-state index contributed by atoms with van der Waals surface area (Å²) >= 11 is 0. The smallest absolute Gasteiger partial charge is 0.0728 e. The second-order valence-electron chi connectivity index (χ2n) is 2.70. The molecule has 0 aliphatic rings. The van der Waals surface area contributed by atoms with Crippen molar-refractivity contribution in [2.75, 3.05) is 5.32 Å². The Bertz CT molecular complexity index is 210. The highest BCUT2D eigenvalue weighted by Crippen LogP contribution is 2.04. The Morgan fingerprint density at radius 3 is 2.33 bits per heavy atom. The van der Waals surface area contributed by atoms with Gasteiger partial charge in [-0.1, -0.05) is 0 Å². The van der Waals surface area contributed by atoms with E-state index >= 15 is 0 Å². The minimum atomic E-state index is 0. The van der Waals surface area contributed by atoms with Gasteiger partial charge >= 0.3 is 0 Å². The van der Waals surface area contributed by atoms with Crippen LogP contribution in [0.2, 0.25) is 0 Å². The zero-order valence-electron chi connectivity index (χ0n) is 7.44. The molecule has 0 saturated carbocycles. The molecule has 1 rings (SSSR count). The van der Waals surface area contributed by atoms with Crippen LogP contribution in [-0.2, 0) is 7.05 Å². The molecule has 72 valence electrons. The molecule has 3 nitrogen and oxygen atoms in total. The van der Waals surface area contributed by atoms with Gasteiger partial charge in [-0.3, -0.25) is 4.68 Å². The van der Waals surface area contributed by atoms with E-state index in [0.29, 0.717) is 6.04 Å². The van der Waals surface area contributed by atoms with Gasteiger partial charge in [-0.2, -0.15) is 5.10 Å². The monoisotopic (exact) mass is 211 g/mol. The second kappa shape index (κ2) is 6.14. The third-order valence-corrected chi connectivity index (χ3v) is 1.16. The van der Waals surface area contributed by atoms with Gasteiger partial charge in [0.25, 0.3) is 0 Å². The molecule has 0 saturated heterocycles. The Morgan fingerprint density at radius 1 is 1.42 bits per heavy atom. The summed E-state index contributed by atoms with van der Waals surface area (Å²) in [7, 11) is 1.91. The predicted octanol–water partition coefficient (Wildman–Crippen LogP) is 2.08. The number of aromatic nitrogens is 2. The van der Waals surface area contributed by atoms with Crippen molar-refractivity contribution >= 4 is 30.5 Å². The first-order valence-corrected chi connectivity index (χ1v) is 3.43. The highest BCUT2D eigenvalue weighted by Gasteiger charge is 1.95. The summed E-state index contributed by atoms with van der Waals surface area (Å²) in [4.78, 5) is 0. The molecule has 0 radical (unpaired) electrons. The first-order valence-electron chi connectivity index (χ1n) is 3.43. The molecule has 0 fully saturated rings. The van der Waals surface area contributed by atoms with E-state index in [0.717, 1.165) is 5.69 Å². The van der Waals surface area contributed by atoms with Crippen LogP contribution in [0.3, 0.4) is 0 Å². The molecule has 1 aromatic heterocycles. The maximum Gasteiger partial charge on any atom is 0.0728 e. The van der Waals surface area contributed by atoms with E-state index in [1.807, 2.05) is 19.4 Å². The first-order chi connectivity index (χ1) is 4.68. The van der Waals surface area contributed by atoms with Crippen LogP contribution in [-0.4, -0.2) is 15.8 Å². The SMILES string of the molecule is CC(C)Nc1cnn(C)c1.Cl.Cl.